The molecule has 1 fully saturated rings. The number of nitrogens with one attached hydrogen (secondary N) is 1. The second-order valence-corrected chi connectivity index (χ2v) is 11.8. The van der Waals surface area contributed by atoms with Gasteiger partial charge in [-0.15, -0.1) is 0 Å². The molecule has 0 bridgehead atoms. The highest BCUT2D eigenvalue weighted by Crippen LogP contribution is 2.22. The zero-order valence-corrected chi connectivity index (χ0v) is 18.9. The predicted octanol–water partition coefficient (Wildman–Crippen LogP) is 1.58. The van der Waals surface area contributed by atoms with Gasteiger partial charge in [0.2, 0.25) is 20.0 Å². The van der Waals surface area contributed by atoms with Gasteiger partial charge < -0.3 is 5.32 Å². The van der Waals surface area contributed by atoms with Crippen molar-refractivity contribution in [3.05, 3.63) is 29.3 Å². The van der Waals surface area contributed by atoms with Gasteiger partial charge in [-0.3, -0.25) is 0 Å². The molecule has 1 aliphatic heterocycles. The van der Waals surface area contributed by atoms with Gasteiger partial charge in [0, 0.05) is 39.3 Å². The van der Waals surface area contributed by atoms with Crippen LogP contribution < -0.4 is 5.32 Å². The molecule has 0 saturated carbocycles. The number of piperazine rings is 1. The molecule has 1 N–H and O–H groups in total. The molecular formula is C19H33N3O4S2. The van der Waals surface area contributed by atoms with E-state index in [1.165, 1.54) is 8.61 Å². The first-order valence-corrected chi connectivity index (χ1v) is 12.8. The van der Waals surface area contributed by atoms with Crippen molar-refractivity contribution in [1.29, 1.82) is 0 Å². The molecule has 1 saturated heterocycles. The van der Waals surface area contributed by atoms with Crippen molar-refractivity contribution >= 4 is 20.0 Å². The monoisotopic (exact) mass is 431 g/mol. The lowest BCUT2D eigenvalue weighted by Crippen LogP contribution is -2.48. The zero-order chi connectivity index (χ0) is 20.9. The Morgan fingerprint density at radius 3 is 2.32 bits per heavy atom. The summed E-state index contributed by atoms with van der Waals surface area (Å²) < 4.78 is 54.8. The summed E-state index contributed by atoms with van der Waals surface area (Å²) in [5, 5.41) is 3.13. The van der Waals surface area contributed by atoms with E-state index >= 15 is 0 Å². The van der Waals surface area contributed by atoms with E-state index in [2.05, 4.69) is 5.32 Å². The molecule has 1 aliphatic rings. The molecule has 2 rings (SSSR count). The van der Waals surface area contributed by atoms with E-state index in [1.807, 2.05) is 26.8 Å². The summed E-state index contributed by atoms with van der Waals surface area (Å²) in [6.07, 6.45) is 0.678. The standard InChI is InChI=1S/C19H33N3O4S2/c1-16(2)7-10-22(13-14-27(23,24)21-11-8-20-9-12-21)28(25,26)19-15-17(3)5-6-18(19)4/h5-6,15-16,20H,7-14H2,1-4H3. The molecule has 9 heteroatoms. The second-order valence-electron chi connectivity index (χ2n) is 7.82. The van der Waals surface area contributed by atoms with Crippen molar-refractivity contribution in [2.45, 2.75) is 39.0 Å². The van der Waals surface area contributed by atoms with Crippen LogP contribution in [0.2, 0.25) is 0 Å². The average molecular weight is 432 g/mol. The maximum Gasteiger partial charge on any atom is 0.243 e. The molecule has 7 nitrogen and oxygen atoms in total. The summed E-state index contributed by atoms with van der Waals surface area (Å²) in [6, 6.07) is 5.33. The fraction of sp³-hybridized carbons (Fsp3) is 0.684. The first kappa shape index (κ1) is 23.3. The van der Waals surface area contributed by atoms with Crippen molar-refractivity contribution in [1.82, 2.24) is 13.9 Å². The number of rotatable bonds is 9. The van der Waals surface area contributed by atoms with E-state index in [9.17, 15) is 16.8 Å². The second kappa shape index (κ2) is 9.67. The van der Waals surface area contributed by atoms with E-state index in [1.54, 1.807) is 19.1 Å². The van der Waals surface area contributed by atoms with Crippen LogP contribution in [0.1, 0.15) is 31.4 Å². The Morgan fingerprint density at radius 1 is 1.07 bits per heavy atom. The summed E-state index contributed by atoms with van der Waals surface area (Å²) >= 11 is 0. The highest BCUT2D eigenvalue weighted by atomic mass is 32.2. The number of hydrogen-bond acceptors (Lipinski definition) is 5. The predicted molar refractivity (Wildman–Crippen MR) is 112 cm³/mol. The van der Waals surface area contributed by atoms with E-state index in [0.717, 1.165) is 5.56 Å². The van der Waals surface area contributed by atoms with Crippen molar-refractivity contribution in [2.24, 2.45) is 5.92 Å². The molecule has 28 heavy (non-hydrogen) atoms. The van der Waals surface area contributed by atoms with Crippen molar-refractivity contribution in [3.8, 4) is 0 Å². The largest absolute Gasteiger partial charge is 0.314 e. The fourth-order valence-corrected chi connectivity index (χ4v) is 6.48. The number of nitrogens with zero attached hydrogens (tertiary/aromatic N) is 2. The van der Waals surface area contributed by atoms with Gasteiger partial charge >= 0.3 is 0 Å². The van der Waals surface area contributed by atoms with Gasteiger partial charge in [-0.2, -0.15) is 8.61 Å². The molecule has 0 aliphatic carbocycles. The molecule has 1 aromatic carbocycles. The third-order valence-electron chi connectivity index (χ3n) is 4.99. The van der Waals surface area contributed by atoms with Crippen molar-refractivity contribution in [2.75, 3.05) is 45.0 Å². The topological polar surface area (TPSA) is 86.8 Å². The highest BCUT2D eigenvalue weighted by molar-refractivity contribution is 7.90. The lowest BCUT2D eigenvalue weighted by Gasteiger charge is -2.28. The number of hydrogen-bond donors (Lipinski definition) is 1. The maximum absolute atomic E-state index is 13.3. The van der Waals surface area contributed by atoms with E-state index in [4.69, 9.17) is 0 Å². The first-order chi connectivity index (χ1) is 13.0. The summed E-state index contributed by atoms with van der Waals surface area (Å²) in [4.78, 5) is 0.260. The van der Waals surface area contributed by atoms with Crippen LogP contribution in [0, 0.1) is 19.8 Å². The smallest absolute Gasteiger partial charge is 0.243 e. The van der Waals surface area contributed by atoms with Gasteiger partial charge in [-0.05, 0) is 43.4 Å². The molecule has 1 aromatic rings. The van der Waals surface area contributed by atoms with Gasteiger partial charge in [0.15, 0.2) is 0 Å². The Balaban J connectivity index is 2.24. The van der Waals surface area contributed by atoms with E-state index in [0.29, 0.717) is 50.6 Å². The third-order valence-corrected chi connectivity index (χ3v) is 8.88. The normalized spacial score (nSPS) is 16.8. The molecule has 0 spiro atoms. The quantitative estimate of drug-likeness (QED) is 0.641. The molecule has 0 amide bonds. The summed E-state index contributed by atoms with van der Waals surface area (Å²) in [5.74, 6) is 0.121. The molecule has 0 aromatic heterocycles. The van der Waals surface area contributed by atoms with E-state index < -0.39 is 20.0 Å². The Labute approximate surface area is 170 Å². The summed E-state index contributed by atoms with van der Waals surface area (Å²) in [7, 11) is -7.26. The van der Waals surface area contributed by atoms with Gasteiger partial charge in [-0.1, -0.05) is 26.0 Å². The van der Waals surface area contributed by atoms with Crippen LogP contribution in [0.15, 0.2) is 23.1 Å². The minimum atomic E-state index is -3.77. The minimum Gasteiger partial charge on any atom is -0.314 e. The van der Waals surface area contributed by atoms with E-state index in [-0.39, 0.29) is 17.2 Å². The van der Waals surface area contributed by atoms with Crippen LogP contribution in [-0.2, 0) is 20.0 Å². The number of aryl methyl sites for hydroxylation is 2. The lowest BCUT2D eigenvalue weighted by atomic mass is 10.1. The summed E-state index contributed by atoms with van der Waals surface area (Å²) in [6.45, 7) is 10.1. The lowest BCUT2D eigenvalue weighted by molar-refractivity contribution is 0.353. The number of sulfonamides is 2. The average Bonchev–Trinajstić information content (AvgIpc) is 2.63. The molecular weight excluding hydrogens is 398 g/mol. The molecule has 160 valence electrons. The fourth-order valence-electron chi connectivity index (χ4n) is 3.15. The van der Waals surface area contributed by atoms with Crippen molar-refractivity contribution in [3.63, 3.8) is 0 Å². The molecule has 1 heterocycles. The first-order valence-electron chi connectivity index (χ1n) is 9.80. The van der Waals surface area contributed by atoms with Crippen molar-refractivity contribution < 1.29 is 16.8 Å². The van der Waals surface area contributed by atoms with Crippen LogP contribution >= 0.6 is 0 Å². The van der Waals surface area contributed by atoms with Crippen LogP contribution in [0.25, 0.3) is 0 Å². The van der Waals surface area contributed by atoms with Gasteiger partial charge in [0.05, 0.1) is 10.6 Å². The Bertz CT molecular complexity index is 861. The highest BCUT2D eigenvalue weighted by Gasteiger charge is 2.30. The number of benzene rings is 1. The van der Waals surface area contributed by atoms with Gasteiger partial charge in [0.1, 0.15) is 0 Å². The Kier molecular flexibility index (Phi) is 8.04. The maximum atomic E-state index is 13.3. The minimum absolute atomic E-state index is 0.0330. The van der Waals surface area contributed by atoms with Crippen LogP contribution in [0.5, 0.6) is 0 Å². The van der Waals surface area contributed by atoms with Gasteiger partial charge in [-0.25, -0.2) is 16.8 Å². The van der Waals surface area contributed by atoms with Crippen LogP contribution in [0.4, 0.5) is 0 Å². The van der Waals surface area contributed by atoms with Crippen LogP contribution in [0.3, 0.4) is 0 Å². The Morgan fingerprint density at radius 2 is 1.71 bits per heavy atom. The molecule has 0 radical (unpaired) electrons. The Hall–Kier alpha value is -1.00. The molecule has 0 atom stereocenters. The third kappa shape index (κ3) is 6.00. The molecule has 0 unspecified atom stereocenters. The van der Waals surface area contributed by atoms with Crippen LogP contribution in [-0.4, -0.2) is 70.5 Å². The zero-order valence-electron chi connectivity index (χ0n) is 17.3. The van der Waals surface area contributed by atoms with Gasteiger partial charge in [0.25, 0.3) is 0 Å². The summed E-state index contributed by atoms with van der Waals surface area (Å²) in [5.41, 5.74) is 1.53. The SMILES string of the molecule is Cc1ccc(C)c(S(=O)(=O)N(CCC(C)C)CCS(=O)(=O)N2CCNCC2)c1.